The van der Waals surface area contributed by atoms with E-state index in [0.717, 1.165) is 16.5 Å². The van der Waals surface area contributed by atoms with Crippen LogP contribution in [0.2, 0.25) is 0 Å². The number of hydrogen-bond donors (Lipinski definition) is 6. The number of Topliss-reactive ketones (excluding diaryl/α,β-unsaturated/α-hetero) is 1. The molecule has 0 saturated carbocycles. The Kier molecular flexibility index (Phi) is 17.8. The summed E-state index contributed by atoms with van der Waals surface area (Å²) in [6, 6.07) is 8.79. The molecule has 5 rings (SSSR count). The van der Waals surface area contributed by atoms with Crippen LogP contribution in [0, 0.1) is 23.7 Å². The maximum Gasteiger partial charge on any atom is 0.407 e. The number of rotatable bonds is 11. The van der Waals surface area contributed by atoms with Crippen molar-refractivity contribution in [3.63, 3.8) is 0 Å². The highest BCUT2D eigenvalue weighted by Crippen LogP contribution is 2.41. The van der Waals surface area contributed by atoms with E-state index in [9.17, 15) is 39.9 Å². The van der Waals surface area contributed by atoms with Gasteiger partial charge in [-0.2, -0.15) is 0 Å². The third-order valence-corrected chi connectivity index (χ3v) is 14.2. The number of amides is 1. The van der Waals surface area contributed by atoms with E-state index < -0.39 is 114 Å². The lowest BCUT2D eigenvalue weighted by atomic mass is 9.74. The van der Waals surface area contributed by atoms with Crippen LogP contribution in [0.5, 0.6) is 0 Å². The number of nitrogens with one attached hydrogen (secondary N) is 1. The van der Waals surface area contributed by atoms with Crippen molar-refractivity contribution in [2.24, 2.45) is 23.7 Å². The molecule has 6 N–H and O–H groups in total. The van der Waals surface area contributed by atoms with Crippen LogP contribution in [-0.2, 0) is 49.4 Å². The molecule has 3 aliphatic heterocycles. The van der Waals surface area contributed by atoms with E-state index in [2.05, 4.69) is 10.3 Å². The molecule has 3 aliphatic rings. The first-order chi connectivity index (χ1) is 30.8. The molecule has 18 atom stereocenters. The summed E-state index contributed by atoms with van der Waals surface area (Å²) in [5.74, 6) is -5.71. The van der Waals surface area contributed by atoms with Gasteiger partial charge >= 0.3 is 12.1 Å². The zero-order chi connectivity index (χ0) is 49.1. The second kappa shape index (κ2) is 21.9. The molecular weight excluding hydrogens is 859 g/mol. The number of carbonyl (C=O) groups is 3. The highest BCUT2D eigenvalue weighted by atomic mass is 16.7. The standard InChI is InChI=1S/C48H75N3O15/c1-25-22-46(7,58)42(66-44-38(53)34(51(10)11)21-26(2)62-44)28(4)39(65-36-23-47(8,60-12)41(55)30(6)63-36)29(5)43(56)64-35(48(9,59)40(54)27(3)37(25)52)18-20-50-45(57)61-24-31-17-19-49-33-16-14-13-15-32(31)33/h13-17,19,25-30,34-36,38-42,44,53-55,58-59H,18,20-24H2,1-12H3,(H,50,57)/t25-,26-,27+,28+,29-,30+,34+,35-,36+,38-,39+,40-,41+,42-,44+,46-,47-,48-/m1/s1. The molecule has 2 aromatic rings. The number of aliphatic hydroxyl groups excluding tert-OH is 3. The molecule has 3 saturated heterocycles. The number of methoxy groups -OCH3 is 1. The number of hydrogen-bond acceptors (Lipinski definition) is 17. The van der Waals surface area contributed by atoms with Crippen molar-refractivity contribution in [1.29, 1.82) is 0 Å². The van der Waals surface area contributed by atoms with Gasteiger partial charge in [-0.3, -0.25) is 14.6 Å². The lowest BCUT2D eigenvalue weighted by Gasteiger charge is -2.49. The Hall–Kier alpha value is -3.40. The summed E-state index contributed by atoms with van der Waals surface area (Å²) in [6.45, 7) is 14.0. The number of pyridine rings is 1. The molecule has 3 fully saturated rings. The third-order valence-electron chi connectivity index (χ3n) is 14.2. The molecule has 0 unspecified atom stereocenters. The van der Waals surface area contributed by atoms with Crippen LogP contribution in [0.4, 0.5) is 4.79 Å². The summed E-state index contributed by atoms with van der Waals surface area (Å²) in [4.78, 5) is 48.1. The second-order valence-electron chi connectivity index (χ2n) is 19.8. The molecule has 1 amide bonds. The quantitative estimate of drug-likeness (QED) is 0.177. The van der Waals surface area contributed by atoms with Gasteiger partial charge in [0.25, 0.3) is 0 Å². The number of aromatic nitrogens is 1. The van der Waals surface area contributed by atoms with Gasteiger partial charge in [0, 0.05) is 67.4 Å². The molecular formula is C48H75N3O15. The fourth-order valence-corrected chi connectivity index (χ4v) is 10.0. The maximum absolute atomic E-state index is 14.7. The summed E-state index contributed by atoms with van der Waals surface area (Å²) in [7, 11) is 5.12. The lowest BCUT2D eigenvalue weighted by Crippen LogP contribution is -2.61. The van der Waals surface area contributed by atoms with Gasteiger partial charge < -0.3 is 68.9 Å². The average molecular weight is 934 g/mol. The first kappa shape index (κ1) is 53.6. The normalized spacial score (nSPS) is 41.0. The number of benzene rings is 1. The summed E-state index contributed by atoms with van der Waals surface area (Å²) < 4.78 is 43.1. The van der Waals surface area contributed by atoms with Crippen LogP contribution in [0.1, 0.15) is 93.6 Å². The number of para-hydroxylation sites is 1. The molecule has 4 heterocycles. The molecule has 18 nitrogen and oxygen atoms in total. The van der Waals surface area contributed by atoms with Gasteiger partial charge in [0.2, 0.25) is 0 Å². The van der Waals surface area contributed by atoms with E-state index in [-0.39, 0.29) is 44.6 Å². The van der Waals surface area contributed by atoms with Crippen molar-refractivity contribution in [3.05, 3.63) is 42.1 Å². The van der Waals surface area contributed by atoms with Gasteiger partial charge in [-0.05, 0) is 80.6 Å². The topological polar surface area (TPSA) is 245 Å². The molecule has 18 heteroatoms. The molecule has 0 spiro atoms. The molecule has 0 aliphatic carbocycles. The maximum atomic E-state index is 14.7. The van der Waals surface area contributed by atoms with Gasteiger partial charge in [0.15, 0.2) is 12.6 Å². The molecule has 0 bridgehead atoms. The van der Waals surface area contributed by atoms with E-state index in [1.807, 2.05) is 50.2 Å². The van der Waals surface area contributed by atoms with Crippen molar-refractivity contribution >= 4 is 28.7 Å². The van der Waals surface area contributed by atoms with Crippen molar-refractivity contribution in [3.8, 4) is 0 Å². The summed E-state index contributed by atoms with van der Waals surface area (Å²) in [5.41, 5.74) is -3.78. The molecule has 1 aromatic heterocycles. The molecule has 372 valence electrons. The smallest absolute Gasteiger partial charge is 0.407 e. The van der Waals surface area contributed by atoms with Crippen LogP contribution in [0.25, 0.3) is 10.9 Å². The number of likely N-dealkylation sites (N-methyl/N-ethyl adjacent to an activating group) is 1. The molecule has 66 heavy (non-hydrogen) atoms. The monoisotopic (exact) mass is 934 g/mol. The summed E-state index contributed by atoms with van der Waals surface area (Å²) >= 11 is 0. The third kappa shape index (κ3) is 12.1. The Bertz CT molecular complexity index is 1950. The first-order valence-corrected chi connectivity index (χ1v) is 23.1. The van der Waals surface area contributed by atoms with Crippen LogP contribution >= 0.6 is 0 Å². The number of carbonyl (C=O) groups excluding carboxylic acids is 3. The Morgan fingerprint density at radius 3 is 2.27 bits per heavy atom. The van der Waals surface area contributed by atoms with Gasteiger partial charge in [-0.15, -0.1) is 0 Å². The predicted octanol–water partition coefficient (Wildman–Crippen LogP) is 3.24. The van der Waals surface area contributed by atoms with E-state index in [0.29, 0.717) is 6.42 Å². The van der Waals surface area contributed by atoms with Crippen LogP contribution in [0.15, 0.2) is 36.5 Å². The number of nitrogens with zero attached hydrogens (tertiary/aromatic N) is 2. The summed E-state index contributed by atoms with van der Waals surface area (Å²) in [5, 5.41) is 62.6. The number of aliphatic hydroxyl groups is 5. The van der Waals surface area contributed by atoms with Crippen molar-refractivity contribution in [1.82, 2.24) is 15.2 Å². The minimum absolute atomic E-state index is 0.0283. The van der Waals surface area contributed by atoms with Gasteiger partial charge in [0.1, 0.15) is 36.3 Å². The zero-order valence-corrected chi connectivity index (χ0v) is 40.6. The molecule has 0 radical (unpaired) electrons. The Morgan fingerprint density at radius 1 is 0.924 bits per heavy atom. The number of cyclic esters (lactones) is 1. The van der Waals surface area contributed by atoms with Crippen molar-refractivity contribution < 1.29 is 73.1 Å². The zero-order valence-electron chi connectivity index (χ0n) is 40.6. The Labute approximate surface area is 388 Å². The van der Waals surface area contributed by atoms with E-state index >= 15 is 0 Å². The van der Waals surface area contributed by atoms with Crippen LogP contribution in [0.3, 0.4) is 0 Å². The van der Waals surface area contributed by atoms with Crippen LogP contribution < -0.4 is 5.32 Å². The number of ketones is 1. The summed E-state index contributed by atoms with van der Waals surface area (Å²) in [6.07, 6.45) is -10.5. The first-order valence-electron chi connectivity index (χ1n) is 23.1. The highest BCUT2D eigenvalue weighted by Gasteiger charge is 2.53. The van der Waals surface area contributed by atoms with Crippen LogP contribution in [-0.4, -0.2) is 165 Å². The minimum atomic E-state index is -2.25. The van der Waals surface area contributed by atoms with E-state index in [1.54, 1.807) is 46.9 Å². The number of fused-ring (bicyclic) bond motifs is 1. The Morgan fingerprint density at radius 2 is 1.61 bits per heavy atom. The Balaban J connectivity index is 1.49. The largest absolute Gasteiger partial charge is 0.459 e. The second-order valence-corrected chi connectivity index (χ2v) is 19.8. The average Bonchev–Trinajstić information content (AvgIpc) is 3.26. The highest BCUT2D eigenvalue weighted by molar-refractivity contribution is 5.84. The van der Waals surface area contributed by atoms with E-state index in [4.69, 9.17) is 33.2 Å². The lowest BCUT2D eigenvalue weighted by molar-refractivity contribution is -0.318. The molecule has 1 aromatic carbocycles. The van der Waals surface area contributed by atoms with Gasteiger partial charge in [0.05, 0.1) is 53.2 Å². The van der Waals surface area contributed by atoms with Gasteiger partial charge in [-0.1, -0.05) is 39.0 Å². The SMILES string of the molecule is CO[C@]1(C)C[C@H](O[C@H]2[C@H](C)[C@@H](O[C@@H]3O[C@H](C)C[C@H](N(C)C)[C@H]3O)[C@](C)(O)C[C@@H](C)C(=O)[C@H](C)[C@@H](O)[C@](C)(O)[C@@H](CCNC(=O)OCc3ccnc4ccccc34)OC(=O)[C@@H]2C)O[C@@H](C)[C@@H]1O. The number of esters is 1. The fraction of sp³-hybridized carbons (Fsp3) is 0.750. The number of alkyl carbamates (subject to hydrolysis) is 1. The minimum Gasteiger partial charge on any atom is -0.459 e. The predicted molar refractivity (Wildman–Crippen MR) is 241 cm³/mol. The van der Waals surface area contributed by atoms with Gasteiger partial charge in [-0.25, -0.2) is 4.79 Å². The fourth-order valence-electron chi connectivity index (χ4n) is 10.0. The van der Waals surface area contributed by atoms with Crippen molar-refractivity contribution in [2.45, 2.75) is 179 Å². The van der Waals surface area contributed by atoms with Crippen molar-refractivity contribution in [2.75, 3.05) is 27.7 Å². The number of ether oxygens (including phenoxy) is 7. The van der Waals surface area contributed by atoms with E-state index in [1.165, 1.54) is 27.9 Å².